The zero-order valence-corrected chi connectivity index (χ0v) is 15.6. The van der Waals surface area contributed by atoms with Crippen molar-refractivity contribution in [3.8, 4) is 0 Å². The molecule has 0 radical (unpaired) electrons. The number of benzene rings is 1. The molecule has 2 aliphatic heterocycles. The van der Waals surface area contributed by atoms with E-state index in [1.807, 2.05) is 18.2 Å². The quantitative estimate of drug-likeness (QED) is 0.874. The van der Waals surface area contributed by atoms with Gasteiger partial charge < -0.3 is 10.6 Å². The van der Waals surface area contributed by atoms with Crippen LogP contribution in [-0.2, 0) is 0 Å². The van der Waals surface area contributed by atoms with E-state index in [1.54, 1.807) is 0 Å². The molecule has 2 heterocycles. The molecule has 0 aromatic heterocycles. The van der Waals surface area contributed by atoms with Crippen molar-refractivity contribution in [2.45, 2.75) is 39.2 Å². The van der Waals surface area contributed by atoms with Gasteiger partial charge in [0.2, 0.25) is 0 Å². The molecule has 2 saturated heterocycles. The molecule has 0 spiro atoms. The zero-order valence-electron chi connectivity index (χ0n) is 14.8. The Morgan fingerprint density at radius 1 is 1.21 bits per heavy atom. The first kappa shape index (κ1) is 17.6. The highest BCUT2D eigenvalue weighted by Crippen LogP contribution is 2.26. The van der Waals surface area contributed by atoms with Gasteiger partial charge in [-0.1, -0.05) is 6.07 Å². The predicted molar refractivity (Wildman–Crippen MR) is 103 cm³/mol. The van der Waals surface area contributed by atoms with Gasteiger partial charge in [-0.2, -0.15) is 11.8 Å². The number of likely N-dealkylation sites (tertiary alicyclic amines) is 1. The fourth-order valence-corrected chi connectivity index (χ4v) is 4.82. The summed E-state index contributed by atoms with van der Waals surface area (Å²) >= 11 is 2.09. The number of urea groups is 1. The van der Waals surface area contributed by atoms with Crippen molar-refractivity contribution in [3.05, 3.63) is 29.3 Å². The lowest BCUT2D eigenvalue weighted by Gasteiger charge is -2.35. The fourth-order valence-electron chi connectivity index (χ4n) is 3.56. The summed E-state index contributed by atoms with van der Waals surface area (Å²) in [5.74, 6) is 3.24. The molecule has 0 unspecified atom stereocenters. The molecule has 3 rings (SSSR count). The van der Waals surface area contributed by atoms with Gasteiger partial charge in [0, 0.05) is 24.0 Å². The normalized spacial score (nSPS) is 22.5. The molecule has 5 heteroatoms. The lowest BCUT2D eigenvalue weighted by molar-refractivity contribution is 0.143. The van der Waals surface area contributed by atoms with Crippen LogP contribution in [0.3, 0.4) is 0 Å². The number of carbonyl (C=O) groups excluding carboxylic acids is 1. The number of hydrogen-bond donors (Lipinski definition) is 2. The van der Waals surface area contributed by atoms with Gasteiger partial charge in [-0.3, -0.25) is 4.90 Å². The van der Waals surface area contributed by atoms with Crippen LogP contribution in [-0.4, -0.2) is 48.1 Å². The summed E-state index contributed by atoms with van der Waals surface area (Å²) in [5.41, 5.74) is 3.31. The number of rotatable bonds is 4. The lowest BCUT2D eigenvalue weighted by Crippen LogP contribution is -2.44. The van der Waals surface area contributed by atoms with E-state index < -0.39 is 0 Å². The molecular weight excluding hydrogens is 318 g/mol. The van der Waals surface area contributed by atoms with Gasteiger partial charge in [0.1, 0.15) is 0 Å². The van der Waals surface area contributed by atoms with Gasteiger partial charge in [0.25, 0.3) is 0 Å². The number of carbonyl (C=O) groups is 1. The first-order valence-electron chi connectivity index (χ1n) is 9.05. The summed E-state index contributed by atoms with van der Waals surface area (Å²) in [6, 6.07) is 6.74. The lowest BCUT2D eigenvalue weighted by atomic mass is 9.95. The molecular formula is C19H29N3OS. The third kappa shape index (κ3) is 4.67. The van der Waals surface area contributed by atoms with Crippen LogP contribution < -0.4 is 10.6 Å². The first-order valence-corrected chi connectivity index (χ1v) is 10.2. The number of amides is 2. The minimum atomic E-state index is -0.0899. The maximum absolute atomic E-state index is 12.1. The summed E-state index contributed by atoms with van der Waals surface area (Å²) in [5, 5.41) is 5.99. The standard InChI is InChI=1S/C19H29N3OS/c1-14-3-4-17(11-15(14)2)21-19(23)20-12-16-5-8-22(9-6-16)18-7-10-24-13-18/h3-4,11,16,18H,5-10,12-13H2,1-2H3,(H2,20,21,23)/t18-/m1/s1. The highest BCUT2D eigenvalue weighted by Gasteiger charge is 2.27. The molecule has 0 bridgehead atoms. The molecule has 2 amide bonds. The molecule has 0 aliphatic carbocycles. The minimum Gasteiger partial charge on any atom is -0.338 e. The van der Waals surface area contributed by atoms with Gasteiger partial charge in [-0.25, -0.2) is 4.79 Å². The van der Waals surface area contributed by atoms with Crippen molar-refractivity contribution in [2.24, 2.45) is 5.92 Å². The minimum absolute atomic E-state index is 0.0899. The van der Waals surface area contributed by atoms with Gasteiger partial charge in [0.05, 0.1) is 0 Å². The number of piperidine rings is 1. The van der Waals surface area contributed by atoms with Gasteiger partial charge in [0.15, 0.2) is 0 Å². The monoisotopic (exact) mass is 347 g/mol. The summed E-state index contributed by atoms with van der Waals surface area (Å²) in [6.07, 6.45) is 3.75. The Kier molecular flexibility index (Phi) is 6.06. The maximum atomic E-state index is 12.1. The molecule has 1 aromatic carbocycles. The van der Waals surface area contributed by atoms with Crippen LogP contribution in [0.5, 0.6) is 0 Å². The van der Waals surface area contributed by atoms with Crippen LogP contribution in [0.25, 0.3) is 0 Å². The van der Waals surface area contributed by atoms with Gasteiger partial charge >= 0.3 is 6.03 Å². The van der Waals surface area contributed by atoms with Crippen molar-refractivity contribution >= 4 is 23.5 Å². The van der Waals surface area contributed by atoms with Crippen LogP contribution >= 0.6 is 11.8 Å². The summed E-state index contributed by atoms with van der Waals surface area (Å²) in [7, 11) is 0. The van der Waals surface area contributed by atoms with E-state index in [1.165, 1.54) is 55.0 Å². The van der Waals surface area contributed by atoms with Crippen LogP contribution in [0.4, 0.5) is 10.5 Å². The molecule has 2 N–H and O–H groups in total. The smallest absolute Gasteiger partial charge is 0.319 e. The van der Waals surface area contributed by atoms with E-state index in [-0.39, 0.29) is 6.03 Å². The van der Waals surface area contributed by atoms with E-state index in [0.717, 1.165) is 18.3 Å². The Hall–Kier alpha value is -1.20. The molecule has 0 saturated carbocycles. The Balaban J connectivity index is 1.38. The maximum Gasteiger partial charge on any atom is 0.319 e. The number of anilines is 1. The van der Waals surface area contributed by atoms with Gasteiger partial charge in [-0.15, -0.1) is 0 Å². The topological polar surface area (TPSA) is 44.4 Å². The molecule has 24 heavy (non-hydrogen) atoms. The van der Waals surface area contributed by atoms with Crippen LogP contribution in [0.15, 0.2) is 18.2 Å². The Labute approximate surface area is 149 Å². The fraction of sp³-hybridized carbons (Fsp3) is 0.632. The zero-order chi connectivity index (χ0) is 16.9. The molecule has 132 valence electrons. The average Bonchev–Trinajstić information content (AvgIpc) is 3.11. The second-order valence-corrected chi connectivity index (χ2v) is 8.28. The van der Waals surface area contributed by atoms with E-state index >= 15 is 0 Å². The largest absolute Gasteiger partial charge is 0.338 e. The summed E-state index contributed by atoms with van der Waals surface area (Å²) in [6.45, 7) is 7.31. The van der Waals surface area contributed by atoms with E-state index in [9.17, 15) is 4.79 Å². The number of nitrogens with zero attached hydrogens (tertiary/aromatic N) is 1. The highest BCUT2D eigenvalue weighted by atomic mass is 32.2. The first-order chi connectivity index (χ1) is 11.6. The Morgan fingerprint density at radius 2 is 2.00 bits per heavy atom. The van der Waals surface area contributed by atoms with Crippen molar-refractivity contribution in [3.63, 3.8) is 0 Å². The molecule has 2 fully saturated rings. The highest BCUT2D eigenvalue weighted by molar-refractivity contribution is 7.99. The predicted octanol–water partition coefficient (Wildman–Crippen LogP) is 3.64. The van der Waals surface area contributed by atoms with E-state index in [4.69, 9.17) is 0 Å². The average molecular weight is 348 g/mol. The number of aryl methyl sites for hydroxylation is 2. The van der Waals surface area contributed by atoms with Crippen molar-refractivity contribution in [2.75, 3.05) is 36.5 Å². The molecule has 1 atom stereocenters. The number of thioether (sulfide) groups is 1. The van der Waals surface area contributed by atoms with E-state index in [2.05, 4.69) is 41.1 Å². The molecule has 4 nitrogen and oxygen atoms in total. The van der Waals surface area contributed by atoms with Crippen LogP contribution in [0.1, 0.15) is 30.4 Å². The van der Waals surface area contributed by atoms with E-state index in [0.29, 0.717) is 5.92 Å². The molecule has 1 aromatic rings. The van der Waals surface area contributed by atoms with Gasteiger partial charge in [-0.05, 0) is 81.1 Å². The van der Waals surface area contributed by atoms with Crippen molar-refractivity contribution < 1.29 is 4.79 Å². The number of hydrogen-bond acceptors (Lipinski definition) is 3. The van der Waals surface area contributed by atoms with Crippen LogP contribution in [0.2, 0.25) is 0 Å². The van der Waals surface area contributed by atoms with Crippen molar-refractivity contribution in [1.29, 1.82) is 0 Å². The Bertz CT molecular complexity index is 564. The SMILES string of the molecule is Cc1ccc(NC(=O)NCC2CCN([C@@H]3CCSC3)CC2)cc1C. The number of nitrogens with one attached hydrogen (secondary N) is 2. The third-order valence-corrected chi connectivity index (χ3v) is 6.53. The second kappa shape index (κ2) is 8.26. The summed E-state index contributed by atoms with van der Waals surface area (Å²) < 4.78 is 0. The third-order valence-electron chi connectivity index (χ3n) is 5.39. The molecule has 2 aliphatic rings. The second-order valence-electron chi connectivity index (χ2n) is 7.13. The van der Waals surface area contributed by atoms with Crippen molar-refractivity contribution in [1.82, 2.24) is 10.2 Å². The summed E-state index contributed by atoms with van der Waals surface area (Å²) in [4.78, 5) is 14.7. The Morgan fingerprint density at radius 3 is 2.67 bits per heavy atom. The van der Waals surface area contributed by atoms with Crippen LogP contribution in [0, 0.1) is 19.8 Å².